The molecule has 2 heterocycles. The molecule has 0 amide bonds. The molecule has 3 rings (SSSR count). The number of pyridine rings is 1. The van der Waals surface area contributed by atoms with E-state index in [0.717, 1.165) is 22.4 Å². The number of aromatic carboxylic acids is 1. The predicted molar refractivity (Wildman–Crippen MR) is 83.2 cm³/mol. The van der Waals surface area contributed by atoms with Gasteiger partial charge in [-0.15, -0.1) is 0 Å². The zero-order valence-corrected chi connectivity index (χ0v) is 12.3. The molecule has 1 N–H and O–H groups in total. The van der Waals surface area contributed by atoms with Gasteiger partial charge in [-0.3, -0.25) is 4.98 Å². The number of aryl methyl sites for hydroxylation is 2. The molecule has 0 spiro atoms. The fraction of sp³-hybridized carbons (Fsp3) is 0.118. The van der Waals surface area contributed by atoms with Crippen LogP contribution in [-0.4, -0.2) is 25.8 Å². The molecule has 0 atom stereocenters. The number of nitrogens with zero attached hydrogens (tertiary/aromatic N) is 3. The minimum Gasteiger partial charge on any atom is -0.477 e. The van der Waals surface area contributed by atoms with Crippen LogP contribution in [0.15, 0.2) is 48.8 Å². The topological polar surface area (TPSA) is 68.0 Å². The molecule has 5 heteroatoms. The second-order valence-corrected chi connectivity index (χ2v) is 5.22. The summed E-state index contributed by atoms with van der Waals surface area (Å²) in [6.45, 7) is 3.95. The number of hydrogen-bond donors (Lipinski definition) is 1. The minimum atomic E-state index is -1.01. The van der Waals surface area contributed by atoms with E-state index in [9.17, 15) is 9.90 Å². The van der Waals surface area contributed by atoms with Crippen LogP contribution in [0.4, 0.5) is 0 Å². The smallest absolute Gasteiger partial charge is 0.354 e. The zero-order chi connectivity index (χ0) is 15.7. The lowest BCUT2D eigenvalue weighted by Crippen LogP contribution is -2.08. The number of carboxylic acids is 1. The van der Waals surface area contributed by atoms with Crippen LogP contribution >= 0.6 is 0 Å². The molecule has 5 nitrogen and oxygen atoms in total. The van der Waals surface area contributed by atoms with Crippen molar-refractivity contribution in [3.63, 3.8) is 0 Å². The Morgan fingerprint density at radius 3 is 2.45 bits per heavy atom. The van der Waals surface area contributed by atoms with Gasteiger partial charge in [0.05, 0.1) is 11.4 Å². The van der Waals surface area contributed by atoms with Crippen molar-refractivity contribution >= 4 is 5.97 Å². The molecule has 0 unspecified atom stereocenters. The number of hydrogen-bond acceptors (Lipinski definition) is 3. The van der Waals surface area contributed by atoms with Gasteiger partial charge >= 0.3 is 5.97 Å². The molecule has 110 valence electrons. The minimum absolute atomic E-state index is 0.129. The van der Waals surface area contributed by atoms with Gasteiger partial charge in [-0.25, -0.2) is 9.48 Å². The van der Waals surface area contributed by atoms with Crippen LogP contribution < -0.4 is 0 Å². The van der Waals surface area contributed by atoms with E-state index in [0.29, 0.717) is 5.69 Å². The molecule has 0 saturated heterocycles. The van der Waals surface area contributed by atoms with Crippen LogP contribution in [0.5, 0.6) is 0 Å². The SMILES string of the molecule is Cc1cc(C)cc(-n2nc(-c3cccnc3)cc2C(=O)O)c1. The molecule has 0 saturated carbocycles. The van der Waals surface area contributed by atoms with E-state index in [1.165, 1.54) is 4.68 Å². The highest BCUT2D eigenvalue weighted by Gasteiger charge is 2.17. The molecule has 0 bridgehead atoms. The van der Waals surface area contributed by atoms with E-state index in [2.05, 4.69) is 10.1 Å². The Hall–Kier alpha value is -2.95. The summed E-state index contributed by atoms with van der Waals surface area (Å²) in [5.74, 6) is -1.01. The van der Waals surface area contributed by atoms with Crippen molar-refractivity contribution in [1.29, 1.82) is 0 Å². The second kappa shape index (κ2) is 5.44. The largest absolute Gasteiger partial charge is 0.477 e. The van der Waals surface area contributed by atoms with Crippen molar-refractivity contribution in [2.75, 3.05) is 0 Å². The average Bonchev–Trinajstić information content (AvgIpc) is 2.92. The van der Waals surface area contributed by atoms with Gasteiger partial charge in [0, 0.05) is 18.0 Å². The second-order valence-electron chi connectivity index (χ2n) is 5.22. The van der Waals surface area contributed by atoms with E-state index in [4.69, 9.17) is 0 Å². The van der Waals surface area contributed by atoms with Gasteiger partial charge in [-0.1, -0.05) is 6.07 Å². The summed E-state index contributed by atoms with van der Waals surface area (Å²) in [4.78, 5) is 15.6. The third kappa shape index (κ3) is 2.61. The third-order valence-corrected chi connectivity index (χ3v) is 3.34. The Morgan fingerprint density at radius 2 is 1.86 bits per heavy atom. The lowest BCUT2D eigenvalue weighted by Gasteiger charge is -2.07. The van der Waals surface area contributed by atoms with Gasteiger partial charge in [0.1, 0.15) is 0 Å². The Morgan fingerprint density at radius 1 is 1.14 bits per heavy atom. The van der Waals surface area contributed by atoms with Crippen LogP contribution in [0.25, 0.3) is 16.9 Å². The maximum Gasteiger partial charge on any atom is 0.354 e. The van der Waals surface area contributed by atoms with E-state index < -0.39 is 5.97 Å². The quantitative estimate of drug-likeness (QED) is 0.805. The summed E-state index contributed by atoms with van der Waals surface area (Å²) in [6.07, 6.45) is 3.34. The summed E-state index contributed by atoms with van der Waals surface area (Å²) < 4.78 is 1.46. The Labute approximate surface area is 127 Å². The number of carbonyl (C=O) groups is 1. The first kappa shape index (κ1) is 14.0. The first-order valence-corrected chi connectivity index (χ1v) is 6.87. The molecule has 2 aromatic heterocycles. The Balaban J connectivity index is 2.18. The standard InChI is InChI=1S/C17H15N3O2/c1-11-6-12(2)8-14(7-11)20-16(17(21)22)9-15(19-20)13-4-3-5-18-10-13/h3-10H,1-2H3,(H,21,22). The molecule has 1 aromatic carbocycles. The van der Waals surface area contributed by atoms with Crippen molar-refractivity contribution in [3.8, 4) is 16.9 Å². The maximum atomic E-state index is 11.5. The monoisotopic (exact) mass is 293 g/mol. The first-order valence-electron chi connectivity index (χ1n) is 6.87. The maximum absolute atomic E-state index is 11.5. The Kier molecular flexibility index (Phi) is 3.47. The number of rotatable bonds is 3. The van der Waals surface area contributed by atoms with Crippen LogP contribution in [0.3, 0.4) is 0 Å². The highest BCUT2D eigenvalue weighted by Crippen LogP contribution is 2.22. The molecule has 0 aliphatic rings. The molecule has 0 fully saturated rings. The van der Waals surface area contributed by atoms with Gasteiger partial charge in [0.25, 0.3) is 0 Å². The van der Waals surface area contributed by atoms with Crippen molar-refractivity contribution < 1.29 is 9.90 Å². The fourth-order valence-corrected chi connectivity index (χ4v) is 2.46. The van der Waals surface area contributed by atoms with Crippen molar-refractivity contribution in [1.82, 2.24) is 14.8 Å². The Bertz CT molecular complexity index is 818. The molecular formula is C17H15N3O2. The molecular weight excluding hydrogens is 278 g/mol. The number of benzene rings is 1. The van der Waals surface area contributed by atoms with Crippen molar-refractivity contribution in [2.45, 2.75) is 13.8 Å². The predicted octanol–water partition coefficient (Wildman–Crippen LogP) is 3.25. The van der Waals surface area contributed by atoms with Gasteiger partial charge in [0.15, 0.2) is 5.69 Å². The van der Waals surface area contributed by atoms with E-state index in [1.807, 2.05) is 38.1 Å². The van der Waals surface area contributed by atoms with Gasteiger partial charge in [-0.05, 0) is 55.3 Å². The number of carboxylic acid groups (broad SMARTS) is 1. The fourth-order valence-electron chi connectivity index (χ4n) is 2.46. The lowest BCUT2D eigenvalue weighted by atomic mass is 10.1. The summed E-state index contributed by atoms with van der Waals surface area (Å²) in [7, 11) is 0. The molecule has 0 aliphatic heterocycles. The zero-order valence-electron chi connectivity index (χ0n) is 12.3. The average molecular weight is 293 g/mol. The summed E-state index contributed by atoms with van der Waals surface area (Å²) >= 11 is 0. The normalized spacial score (nSPS) is 10.6. The molecule has 22 heavy (non-hydrogen) atoms. The molecule has 3 aromatic rings. The highest BCUT2D eigenvalue weighted by atomic mass is 16.4. The van der Waals surface area contributed by atoms with Crippen LogP contribution in [0.2, 0.25) is 0 Å². The molecule has 0 aliphatic carbocycles. The van der Waals surface area contributed by atoms with Crippen molar-refractivity contribution in [3.05, 3.63) is 65.6 Å². The van der Waals surface area contributed by atoms with E-state index in [-0.39, 0.29) is 5.69 Å². The van der Waals surface area contributed by atoms with Gasteiger partial charge in [-0.2, -0.15) is 5.10 Å². The highest BCUT2D eigenvalue weighted by molar-refractivity contribution is 5.88. The van der Waals surface area contributed by atoms with Crippen LogP contribution in [-0.2, 0) is 0 Å². The van der Waals surface area contributed by atoms with Crippen molar-refractivity contribution in [2.24, 2.45) is 0 Å². The summed E-state index contributed by atoms with van der Waals surface area (Å²) in [5, 5.41) is 13.9. The van der Waals surface area contributed by atoms with Gasteiger partial charge < -0.3 is 5.11 Å². The summed E-state index contributed by atoms with van der Waals surface area (Å²) in [6, 6.07) is 11.1. The lowest BCUT2D eigenvalue weighted by molar-refractivity contribution is 0.0687. The van der Waals surface area contributed by atoms with E-state index in [1.54, 1.807) is 24.5 Å². The first-order chi connectivity index (χ1) is 10.5. The third-order valence-electron chi connectivity index (χ3n) is 3.34. The molecule has 0 radical (unpaired) electrons. The van der Waals surface area contributed by atoms with Gasteiger partial charge in [0.2, 0.25) is 0 Å². The number of aromatic nitrogens is 3. The van der Waals surface area contributed by atoms with Crippen LogP contribution in [0, 0.1) is 13.8 Å². The van der Waals surface area contributed by atoms with Crippen LogP contribution in [0.1, 0.15) is 21.6 Å². The van der Waals surface area contributed by atoms with E-state index >= 15 is 0 Å². The summed E-state index contributed by atoms with van der Waals surface area (Å²) in [5.41, 5.74) is 4.36.